The second-order valence-corrected chi connectivity index (χ2v) is 5.70. The highest BCUT2D eigenvalue weighted by Crippen LogP contribution is 2.29. The van der Waals surface area contributed by atoms with Gasteiger partial charge in [0.15, 0.2) is 0 Å². The summed E-state index contributed by atoms with van der Waals surface area (Å²) >= 11 is 0. The second kappa shape index (κ2) is 5.74. The minimum atomic E-state index is 0.511. The lowest BCUT2D eigenvalue weighted by atomic mass is 9.83. The molecule has 1 aromatic rings. The zero-order valence-corrected chi connectivity index (χ0v) is 11.6. The maximum atomic E-state index is 4.45. The van der Waals surface area contributed by atoms with Gasteiger partial charge in [-0.15, -0.1) is 0 Å². The molecule has 2 heterocycles. The molecule has 0 radical (unpaired) electrons. The van der Waals surface area contributed by atoms with Gasteiger partial charge in [-0.1, -0.05) is 19.3 Å². The lowest BCUT2D eigenvalue weighted by molar-refractivity contribution is 0.303. The van der Waals surface area contributed by atoms with Crippen LogP contribution in [0, 0.1) is 12.8 Å². The summed E-state index contributed by atoms with van der Waals surface area (Å²) in [5.74, 6) is 3.64. The van der Waals surface area contributed by atoms with E-state index in [4.69, 9.17) is 0 Å². The van der Waals surface area contributed by atoms with Crippen molar-refractivity contribution in [1.29, 1.82) is 0 Å². The van der Waals surface area contributed by atoms with E-state index in [2.05, 4.69) is 25.9 Å². The van der Waals surface area contributed by atoms with E-state index < -0.39 is 0 Å². The Morgan fingerprint density at radius 3 is 2.68 bits per heavy atom. The minimum absolute atomic E-state index is 0.511. The number of anilines is 2. The highest BCUT2D eigenvalue weighted by Gasteiger charge is 2.18. The Bertz CT molecular complexity index is 426. The predicted molar refractivity (Wildman–Crippen MR) is 77.5 cm³/mol. The van der Waals surface area contributed by atoms with Gasteiger partial charge in [-0.2, -0.15) is 0 Å². The fourth-order valence-corrected chi connectivity index (χ4v) is 2.52. The summed E-state index contributed by atoms with van der Waals surface area (Å²) in [5.41, 5.74) is 0. The van der Waals surface area contributed by atoms with Crippen molar-refractivity contribution in [3.8, 4) is 0 Å². The molecule has 2 aliphatic rings. The van der Waals surface area contributed by atoms with Crippen LogP contribution in [0.3, 0.4) is 0 Å². The molecule has 0 bridgehead atoms. The van der Waals surface area contributed by atoms with E-state index in [1.165, 1.54) is 25.7 Å². The van der Waals surface area contributed by atoms with Crippen molar-refractivity contribution in [2.45, 2.75) is 38.6 Å². The molecule has 3 N–H and O–H groups in total. The molecule has 104 valence electrons. The topological polar surface area (TPSA) is 61.9 Å². The van der Waals surface area contributed by atoms with Gasteiger partial charge in [0, 0.05) is 25.7 Å². The van der Waals surface area contributed by atoms with Crippen molar-refractivity contribution in [3.05, 3.63) is 11.9 Å². The van der Waals surface area contributed by atoms with Crippen LogP contribution in [0.1, 0.15) is 31.5 Å². The predicted octanol–water partition coefficient (Wildman–Crippen LogP) is 1.77. The number of nitrogens with zero attached hydrogens (tertiary/aromatic N) is 2. The number of aryl methyl sites for hydroxylation is 1. The first-order valence-corrected chi connectivity index (χ1v) is 7.36. The molecule has 1 aliphatic heterocycles. The average molecular weight is 261 g/mol. The molecule has 3 rings (SSSR count). The molecule has 1 saturated carbocycles. The van der Waals surface area contributed by atoms with Crippen LogP contribution in [0.4, 0.5) is 11.6 Å². The Morgan fingerprint density at radius 1 is 1.26 bits per heavy atom. The van der Waals surface area contributed by atoms with E-state index in [0.717, 1.165) is 43.0 Å². The highest BCUT2D eigenvalue weighted by molar-refractivity contribution is 5.48. The monoisotopic (exact) mass is 261 g/mol. The van der Waals surface area contributed by atoms with E-state index >= 15 is 0 Å². The van der Waals surface area contributed by atoms with E-state index in [1.807, 2.05) is 13.0 Å². The lowest BCUT2D eigenvalue weighted by Crippen LogP contribution is -2.51. The summed E-state index contributed by atoms with van der Waals surface area (Å²) < 4.78 is 0. The maximum absolute atomic E-state index is 4.45. The molecule has 5 heteroatoms. The lowest BCUT2D eigenvalue weighted by Gasteiger charge is -2.28. The van der Waals surface area contributed by atoms with Crippen molar-refractivity contribution in [2.75, 3.05) is 30.3 Å². The van der Waals surface area contributed by atoms with Crippen molar-refractivity contribution in [1.82, 2.24) is 15.3 Å². The molecular formula is C14H23N5. The summed E-state index contributed by atoms with van der Waals surface area (Å²) in [6.45, 7) is 5.01. The van der Waals surface area contributed by atoms with Crippen LogP contribution in [0.5, 0.6) is 0 Å². The van der Waals surface area contributed by atoms with Crippen molar-refractivity contribution in [3.63, 3.8) is 0 Å². The van der Waals surface area contributed by atoms with Crippen LogP contribution in [-0.2, 0) is 0 Å². The molecule has 5 nitrogen and oxygen atoms in total. The van der Waals surface area contributed by atoms with Crippen LogP contribution in [0.25, 0.3) is 0 Å². The number of hydrogen-bond donors (Lipinski definition) is 3. The van der Waals surface area contributed by atoms with Crippen LogP contribution in [-0.4, -0.2) is 35.6 Å². The first-order valence-electron chi connectivity index (χ1n) is 7.36. The molecule has 1 aliphatic carbocycles. The van der Waals surface area contributed by atoms with E-state index in [-0.39, 0.29) is 0 Å². The zero-order valence-electron chi connectivity index (χ0n) is 11.6. The van der Waals surface area contributed by atoms with Gasteiger partial charge in [0.05, 0.1) is 6.04 Å². The number of aromatic nitrogens is 2. The quantitative estimate of drug-likeness (QED) is 0.728. The first-order chi connectivity index (χ1) is 9.29. The Balaban J connectivity index is 1.53. The molecule has 2 fully saturated rings. The normalized spacial score (nSPS) is 19.6. The summed E-state index contributed by atoms with van der Waals surface area (Å²) in [6, 6.07) is 2.53. The van der Waals surface area contributed by atoms with Crippen molar-refractivity contribution < 1.29 is 0 Å². The highest BCUT2D eigenvalue weighted by atomic mass is 15.1. The minimum Gasteiger partial charge on any atom is -0.370 e. The smallest absolute Gasteiger partial charge is 0.132 e. The van der Waals surface area contributed by atoms with Crippen LogP contribution >= 0.6 is 0 Å². The molecular weight excluding hydrogens is 238 g/mol. The summed E-state index contributed by atoms with van der Waals surface area (Å²) in [7, 11) is 0. The Hall–Kier alpha value is -1.36. The standard InChI is InChI=1S/C14H23N5/c1-10-17-13(16-6-5-11-3-2-4-11)7-14(18-10)19-12-8-15-9-12/h7,11-12,15H,2-6,8-9H2,1H3,(H2,16,17,18,19). The molecule has 0 spiro atoms. The van der Waals surface area contributed by atoms with Gasteiger partial charge >= 0.3 is 0 Å². The zero-order chi connectivity index (χ0) is 13.1. The molecule has 1 saturated heterocycles. The van der Waals surface area contributed by atoms with Gasteiger partial charge < -0.3 is 16.0 Å². The Kier molecular flexibility index (Phi) is 3.82. The Labute approximate surface area is 114 Å². The fraction of sp³-hybridized carbons (Fsp3) is 0.714. The second-order valence-electron chi connectivity index (χ2n) is 5.70. The van der Waals surface area contributed by atoms with Crippen molar-refractivity contribution in [2.24, 2.45) is 5.92 Å². The summed E-state index contributed by atoms with van der Waals surface area (Å²) in [5, 5.41) is 10.1. The molecule has 0 unspecified atom stereocenters. The number of hydrogen-bond acceptors (Lipinski definition) is 5. The summed E-state index contributed by atoms with van der Waals surface area (Å²) in [6.07, 6.45) is 5.50. The molecule has 0 atom stereocenters. The van der Waals surface area contributed by atoms with Gasteiger partial charge in [-0.25, -0.2) is 9.97 Å². The first kappa shape index (κ1) is 12.7. The van der Waals surface area contributed by atoms with Gasteiger partial charge in [0.1, 0.15) is 17.5 Å². The third-order valence-electron chi connectivity index (χ3n) is 4.05. The Morgan fingerprint density at radius 2 is 2.05 bits per heavy atom. The van der Waals surface area contributed by atoms with Gasteiger partial charge in [-0.3, -0.25) is 0 Å². The average Bonchev–Trinajstić information content (AvgIpc) is 2.26. The van der Waals surface area contributed by atoms with Crippen LogP contribution in [0.15, 0.2) is 6.07 Å². The molecule has 0 amide bonds. The molecule has 0 aromatic carbocycles. The number of nitrogens with one attached hydrogen (secondary N) is 3. The van der Waals surface area contributed by atoms with Crippen molar-refractivity contribution >= 4 is 11.6 Å². The van der Waals surface area contributed by atoms with Crippen LogP contribution < -0.4 is 16.0 Å². The van der Waals surface area contributed by atoms with E-state index in [1.54, 1.807) is 0 Å². The van der Waals surface area contributed by atoms with E-state index in [0.29, 0.717) is 6.04 Å². The third kappa shape index (κ3) is 3.35. The van der Waals surface area contributed by atoms with Crippen LogP contribution in [0.2, 0.25) is 0 Å². The van der Waals surface area contributed by atoms with Gasteiger partial charge in [-0.05, 0) is 19.3 Å². The summed E-state index contributed by atoms with van der Waals surface area (Å²) in [4.78, 5) is 8.88. The van der Waals surface area contributed by atoms with Gasteiger partial charge in [0.25, 0.3) is 0 Å². The SMILES string of the molecule is Cc1nc(NCCC2CCC2)cc(NC2CNC2)n1. The third-order valence-corrected chi connectivity index (χ3v) is 4.05. The fourth-order valence-electron chi connectivity index (χ4n) is 2.52. The largest absolute Gasteiger partial charge is 0.370 e. The van der Waals surface area contributed by atoms with Gasteiger partial charge in [0.2, 0.25) is 0 Å². The maximum Gasteiger partial charge on any atom is 0.132 e. The molecule has 1 aromatic heterocycles. The molecule has 19 heavy (non-hydrogen) atoms. The van der Waals surface area contributed by atoms with E-state index in [9.17, 15) is 0 Å². The number of rotatable bonds is 6.